The molecule has 0 aliphatic heterocycles. The second-order valence-corrected chi connectivity index (χ2v) is 8.03. The second kappa shape index (κ2) is 11.4. The van der Waals surface area contributed by atoms with E-state index < -0.39 is 11.8 Å². The molecule has 2 N–H and O–H groups in total. The Labute approximate surface area is 209 Å². The fraction of sp³-hybridized carbons (Fsp3) is 0.0333. The first-order valence-corrected chi connectivity index (χ1v) is 11.3. The molecule has 4 aromatic rings. The summed E-state index contributed by atoms with van der Waals surface area (Å²) in [6, 6.07) is 26.3. The Morgan fingerprint density at radius 3 is 2.17 bits per heavy atom. The van der Waals surface area contributed by atoms with Gasteiger partial charge in [-0.05, 0) is 67.1 Å². The van der Waals surface area contributed by atoms with E-state index in [0.29, 0.717) is 22.6 Å². The van der Waals surface area contributed by atoms with E-state index in [1.165, 1.54) is 18.4 Å². The Kier molecular flexibility index (Phi) is 7.68. The molecule has 6 heteroatoms. The number of furan rings is 1. The van der Waals surface area contributed by atoms with E-state index in [-0.39, 0.29) is 11.5 Å². The van der Waals surface area contributed by atoms with Gasteiger partial charge >= 0.3 is 0 Å². The van der Waals surface area contributed by atoms with Crippen molar-refractivity contribution in [2.24, 2.45) is 0 Å². The number of nitrogens with one attached hydrogen (secondary N) is 2. The van der Waals surface area contributed by atoms with Gasteiger partial charge < -0.3 is 15.1 Å². The molecule has 2 amide bonds. The lowest BCUT2D eigenvalue weighted by atomic mass is 10.1. The van der Waals surface area contributed by atoms with E-state index in [1.54, 1.807) is 72.8 Å². The highest BCUT2D eigenvalue weighted by molar-refractivity contribution is 6.11. The third-order valence-corrected chi connectivity index (χ3v) is 5.29. The summed E-state index contributed by atoms with van der Waals surface area (Å²) in [7, 11) is 0. The normalized spacial score (nSPS) is 11.3. The summed E-state index contributed by atoms with van der Waals surface area (Å²) in [4.78, 5) is 38.1. The van der Waals surface area contributed by atoms with Gasteiger partial charge in [-0.2, -0.15) is 0 Å². The molecule has 3 aromatic carbocycles. The number of anilines is 1. The Hall–Kier alpha value is -4.97. The molecule has 0 bridgehead atoms. The summed E-state index contributed by atoms with van der Waals surface area (Å²) < 4.78 is 5.30. The summed E-state index contributed by atoms with van der Waals surface area (Å²) in [5.41, 5.74) is 3.47. The predicted molar refractivity (Wildman–Crippen MR) is 140 cm³/mol. The zero-order valence-corrected chi connectivity index (χ0v) is 19.6. The molecule has 4 rings (SSSR count). The van der Waals surface area contributed by atoms with Gasteiger partial charge in [0.1, 0.15) is 11.5 Å². The standard InChI is InChI=1S/C30H24N2O4/c1-21-9-11-22(12-10-21)13-18-28(33)23-14-16-25(17-15-23)31-30(35)27(20-26-8-5-19-36-26)32-29(34)24-6-3-2-4-7-24/h2-20H,1H3,(H,31,35)(H,32,34)/b18-13+,27-20-. The van der Waals surface area contributed by atoms with Gasteiger partial charge in [-0.25, -0.2) is 0 Å². The van der Waals surface area contributed by atoms with Gasteiger partial charge in [0.15, 0.2) is 5.78 Å². The summed E-state index contributed by atoms with van der Waals surface area (Å²) in [6.07, 6.45) is 6.20. The van der Waals surface area contributed by atoms with Crippen molar-refractivity contribution < 1.29 is 18.8 Å². The molecule has 1 heterocycles. The van der Waals surface area contributed by atoms with Crippen LogP contribution in [-0.4, -0.2) is 17.6 Å². The number of hydrogen-bond donors (Lipinski definition) is 2. The Morgan fingerprint density at radius 2 is 1.50 bits per heavy atom. The van der Waals surface area contributed by atoms with Crippen molar-refractivity contribution in [3.8, 4) is 0 Å². The van der Waals surface area contributed by atoms with E-state index in [9.17, 15) is 14.4 Å². The van der Waals surface area contributed by atoms with Crippen LogP contribution in [0.25, 0.3) is 12.2 Å². The molecule has 0 radical (unpaired) electrons. The second-order valence-electron chi connectivity index (χ2n) is 8.03. The first-order chi connectivity index (χ1) is 17.5. The Balaban J connectivity index is 1.45. The number of rotatable bonds is 8. The molecule has 178 valence electrons. The Morgan fingerprint density at radius 1 is 0.778 bits per heavy atom. The average molecular weight is 477 g/mol. The third-order valence-electron chi connectivity index (χ3n) is 5.29. The van der Waals surface area contributed by atoms with Crippen molar-refractivity contribution in [2.75, 3.05) is 5.32 Å². The van der Waals surface area contributed by atoms with Crippen molar-refractivity contribution in [3.63, 3.8) is 0 Å². The van der Waals surface area contributed by atoms with Gasteiger partial charge in [0.25, 0.3) is 11.8 Å². The maximum atomic E-state index is 13.0. The first kappa shape index (κ1) is 24.2. The fourth-order valence-corrected chi connectivity index (χ4v) is 3.32. The van der Waals surface area contributed by atoms with E-state index in [0.717, 1.165) is 11.1 Å². The third kappa shape index (κ3) is 6.55. The monoisotopic (exact) mass is 476 g/mol. The van der Waals surface area contributed by atoms with Crippen LogP contribution < -0.4 is 10.6 Å². The quantitative estimate of drug-likeness (QED) is 0.245. The minimum atomic E-state index is -0.533. The summed E-state index contributed by atoms with van der Waals surface area (Å²) in [6.45, 7) is 2.01. The van der Waals surface area contributed by atoms with E-state index in [2.05, 4.69) is 10.6 Å². The summed E-state index contributed by atoms with van der Waals surface area (Å²) >= 11 is 0. The molecule has 6 nitrogen and oxygen atoms in total. The molecule has 0 fully saturated rings. The number of hydrogen-bond acceptors (Lipinski definition) is 4. The summed E-state index contributed by atoms with van der Waals surface area (Å²) in [5.74, 6) is -0.698. The van der Waals surface area contributed by atoms with Gasteiger partial charge in [0, 0.05) is 22.9 Å². The van der Waals surface area contributed by atoms with Crippen molar-refractivity contribution >= 4 is 35.4 Å². The highest BCUT2D eigenvalue weighted by atomic mass is 16.3. The fourth-order valence-electron chi connectivity index (χ4n) is 3.32. The average Bonchev–Trinajstić information content (AvgIpc) is 3.42. The van der Waals surface area contributed by atoms with Crippen LogP contribution in [0.1, 0.15) is 37.6 Å². The van der Waals surface area contributed by atoms with Crippen molar-refractivity contribution in [2.45, 2.75) is 6.92 Å². The van der Waals surface area contributed by atoms with E-state index >= 15 is 0 Å². The topological polar surface area (TPSA) is 88.4 Å². The highest BCUT2D eigenvalue weighted by Crippen LogP contribution is 2.14. The van der Waals surface area contributed by atoms with Gasteiger partial charge in [0.05, 0.1) is 6.26 Å². The van der Waals surface area contributed by atoms with Crippen molar-refractivity contribution in [1.82, 2.24) is 5.32 Å². The summed E-state index contributed by atoms with van der Waals surface area (Å²) in [5, 5.41) is 5.39. The molecule has 36 heavy (non-hydrogen) atoms. The number of ketones is 1. The zero-order valence-electron chi connectivity index (χ0n) is 19.6. The molecular weight excluding hydrogens is 452 g/mol. The van der Waals surface area contributed by atoms with Gasteiger partial charge in [-0.3, -0.25) is 14.4 Å². The van der Waals surface area contributed by atoms with Crippen LogP contribution in [0.2, 0.25) is 0 Å². The molecule has 0 saturated carbocycles. The van der Waals surface area contributed by atoms with Gasteiger partial charge in [-0.15, -0.1) is 0 Å². The van der Waals surface area contributed by atoms with Crippen molar-refractivity contribution in [1.29, 1.82) is 0 Å². The predicted octanol–water partition coefficient (Wildman–Crippen LogP) is 5.89. The lowest BCUT2D eigenvalue weighted by molar-refractivity contribution is -0.113. The molecule has 0 atom stereocenters. The number of amides is 2. The smallest absolute Gasteiger partial charge is 0.272 e. The maximum Gasteiger partial charge on any atom is 0.272 e. The van der Waals surface area contributed by atoms with Crippen LogP contribution in [0.3, 0.4) is 0 Å². The minimum Gasteiger partial charge on any atom is -0.465 e. The first-order valence-electron chi connectivity index (χ1n) is 11.3. The maximum absolute atomic E-state index is 13.0. The molecule has 1 aromatic heterocycles. The zero-order chi connectivity index (χ0) is 25.3. The number of carbonyl (C=O) groups is 3. The highest BCUT2D eigenvalue weighted by Gasteiger charge is 2.16. The number of carbonyl (C=O) groups excluding carboxylic acids is 3. The largest absolute Gasteiger partial charge is 0.465 e. The van der Waals surface area contributed by atoms with Crippen molar-refractivity contribution in [3.05, 3.63) is 137 Å². The lowest BCUT2D eigenvalue weighted by Gasteiger charge is -2.11. The van der Waals surface area contributed by atoms with Crippen LogP contribution >= 0.6 is 0 Å². The van der Waals surface area contributed by atoms with Crippen LogP contribution in [0.5, 0.6) is 0 Å². The SMILES string of the molecule is Cc1ccc(/C=C/C(=O)c2ccc(NC(=O)/C(=C/c3ccco3)NC(=O)c3ccccc3)cc2)cc1. The lowest BCUT2D eigenvalue weighted by Crippen LogP contribution is -2.30. The van der Waals surface area contributed by atoms with Crippen LogP contribution in [0.15, 0.2) is 113 Å². The molecule has 0 aliphatic rings. The van der Waals surface area contributed by atoms with E-state index in [1.807, 2.05) is 31.2 Å². The van der Waals surface area contributed by atoms with Gasteiger partial charge in [-0.1, -0.05) is 54.1 Å². The molecular formula is C30H24N2O4. The number of allylic oxidation sites excluding steroid dienone is 1. The van der Waals surface area contributed by atoms with E-state index in [4.69, 9.17) is 4.42 Å². The molecule has 0 saturated heterocycles. The van der Waals surface area contributed by atoms with Gasteiger partial charge in [0.2, 0.25) is 0 Å². The minimum absolute atomic E-state index is 0.0139. The Bertz CT molecular complexity index is 1400. The van der Waals surface area contributed by atoms with Crippen LogP contribution in [0.4, 0.5) is 5.69 Å². The number of benzene rings is 3. The molecule has 0 aliphatic carbocycles. The molecule has 0 spiro atoms. The molecule has 0 unspecified atom stereocenters. The number of aryl methyl sites for hydroxylation is 1. The van der Waals surface area contributed by atoms with Crippen LogP contribution in [0, 0.1) is 6.92 Å². The van der Waals surface area contributed by atoms with Crippen LogP contribution in [-0.2, 0) is 4.79 Å².